The molecule has 0 bridgehead atoms. The molecule has 2 aliphatic rings. The lowest BCUT2D eigenvalue weighted by Crippen LogP contribution is -2.62. The quantitative estimate of drug-likeness (QED) is 0.162. The molecule has 330 valence electrons. The lowest BCUT2D eigenvalue weighted by Gasteiger charge is -2.42. The van der Waals surface area contributed by atoms with Gasteiger partial charge in [0.25, 0.3) is 0 Å². The number of aromatic nitrogens is 3. The largest absolute Gasteiger partial charge is 0.467 e. The summed E-state index contributed by atoms with van der Waals surface area (Å²) >= 11 is 0. The molecule has 5 rings (SSSR count). The van der Waals surface area contributed by atoms with Crippen LogP contribution >= 0.6 is 0 Å². The van der Waals surface area contributed by atoms with E-state index >= 15 is 0 Å². The molecule has 3 unspecified atom stereocenters. The van der Waals surface area contributed by atoms with Crippen molar-refractivity contribution >= 4 is 23.9 Å². The van der Waals surface area contributed by atoms with E-state index in [0.717, 1.165) is 21.0 Å². The molecular weight excluding hydrogens is 825 g/mol. The number of hydrogen-bond acceptors (Lipinski definition) is 14. The van der Waals surface area contributed by atoms with Crippen LogP contribution in [0.15, 0.2) is 47.3 Å². The highest BCUT2D eigenvalue weighted by Gasteiger charge is 2.53. The molecule has 0 saturated carbocycles. The van der Waals surface area contributed by atoms with Gasteiger partial charge >= 0.3 is 41.9 Å². The molecule has 3 aromatic rings. The van der Waals surface area contributed by atoms with Crippen molar-refractivity contribution in [2.45, 2.75) is 102 Å². The van der Waals surface area contributed by atoms with Crippen LogP contribution in [0.25, 0.3) is 0 Å². The Morgan fingerprint density at radius 1 is 0.883 bits per heavy atom. The zero-order chi connectivity index (χ0) is 44.7. The fourth-order valence-corrected chi connectivity index (χ4v) is 6.39. The fourth-order valence-electron chi connectivity index (χ4n) is 6.39. The molecular formula is C37H41F7N4O12. The maximum absolute atomic E-state index is 13.6. The Morgan fingerprint density at radius 3 is 1.93 bits per heavy atom. The van der Waals surface area contributed by atoms with Gasteiger partial charge in [0.15, 0.2) is 30.7 Å². The van der Waals surface area contributed by atoms with Gasteiger partial charge < -0.3 is 33.2 Å². The van der Waals surface area contributed by atoms with Crippen LogP contribution in [0.2, 0.25) is 0 Å². The van der Waals surface area contributed by atoms with Crippen LogP contribution < -0.4 is 5.69 Å². The number of methoxy groups -OCH3 is 1. The number of esters is 4. The summed E-state index contributed by atoms with van der Waals surface area (Å²) in [6.07, 6.45) is -18.1. The molecule has 3 heterocycles. The molecule has 60 heavy (non-hydrogen) atoms. The zero-order valence-electron chi connectivity index (χ0n) is 32.7. The third kappa shape index (κ3) is 12.6. The smallest absolute Gasteiger partial charge is 0.416 e. The van der Waals surface area contributed by atoms with Crippen molar-refractivity contribution in [1.29, 1.82) is 0 Å². The van der Waals surface area contributed by atoms with Crippen molar-refractivity contribution in [3.8, 4) is 0 Å². The number of H-pyrrole nitrogens is 2. The molecule has 2 N–H and O–H groups in total. The number of morpholine rings is 1. The standard InChI is InChI=1S/C23H21F7N4O3.C14H20O9/c1-12(14-8-15(22(25,26)27)10-16(9-14)23(28,29)30)37-20-19(13-2-4-17(24)5-3-13)34(6-7-36-20)11-18-31-21(35)33-32-18;1-6-10(21-7(2)15)11(22-8(3)16)12(23-9(4)17)13(20-6)14(18)19-5/h2-5,8-10,12,19-20H,6-7,11H2,1H3,(H2,31,32,33,35);6,10-13H,1-5H3/t12-,19+,20-;6-,10?,11?,12+,13?/m10/s1. The number of nitrogens with one attached hydrogen (secondary N) is 2. The summed E-state index contributed by atoms with van der Waals surface area (Å²) in [7, 11) is 1.14. The van der Waals surface area contributed by atoms with E-state index in [0.29, 0.717) is 24.2 Å². The van der Waals surface area contributed by atoms with Crippen LogP contribution in [-0.4, -0.2) is 101 Å². The van der Waals surface area contributed by atoms with Gasteiger partial charge in [0.05, 0.1) is 49.6 Å². The Morgan fingerprint density at radius 2 is 1.43 bits per heavy atom. The Bertz CT molecular complexity index is 1990. The summed E-state index contributed by atoms with van der Waals surface area (Å²) in [6.45, 7) is 6.79. The molecule has 2 aliphatic heterocycles. The first kappa shape index (κ1) is 47.3. The van der Waals surface area contributed by atoms with Crippen LogP contribution in [0.3, 0.4) is 0 Å². The van der Waals surface area contributed by atoms with E-state index in [2.05, 4.69) is 19.9 Å². The number of carbonyl (C=O) groups excluding carboxylic acids is 4. The van der Waals surface area contributed by atoms with E-state index < -0.39 is 108 Å². The van der Waals surface area contributed by atoms with Gasteiger partial charge in [-0.05, 0) is 55.3 Å². The number of rotatable bonds is 10. The number of carbonyl (C=O) groups is 4. The molecule has 1 aromatic heterocycles. The Labute approximate surface area is 336 Å². The Kier molecular flexibility index (Phi) is 15.6. The number of halogens is 7. The lowest BCUT2D eigenvalue weighted by atomic mass is 9.94. The van der Waals surface area contributed by atoms with Crippen LogP contribution in [0, 0.1) is 5.82 Å². The van der Waals surface area contributed by atoms with Gasteiger partial charge in [-0.3, -0.25) is 24.3 Å². The Balaban J connectivity index is 0.000000297. The van der Waals surface area contributed by atoms with Gasteiger partial charge in [0.2, 0.25) is 0 Å². The molecule has 0 radical (unpaired) electrons. The third-order valence-electron chi connectivity index (χ3n) is 8.95. The molecule has 8 atom stereocenters. The Hall–Kier alpha value is -5.39. The summed E-state index contributed by atoms with van der Waals surface area (Å²) in [4.78, 5) is 61.6. The van der Waals surface area contributed by atoms with Crippen molar-refractivity contribution in [3.63, 3.8) is 0 Å². The number of aromatic amines is 2. The molecule has 0 aliphatic carbocycles. The van der Waals surface area contributed by atoms with Gasteiger partial charge in [-0.15, -0.1) is 0 Å². The minimum absolute atomic E-state index is 0.0427. The number of hydrogen-bond donors (Lipinski definition) is 2. The second-order valence-corrected chi connectivity index (χ2v) is 13.5. The van der Waals surface area contributed by atoms with E-state index in [1.165, 1.54) is 45.0 Å². The molecule has 0 amide bonds. The SMILES string of the molecule is COC(=O)C1O[C@@H](C)C(OC(C)=O)C(OC(C)=O)[C@H]1OC(C)=O.C[C@@H](O[C@H]1OCCN(Cc2n[nH]c(=O)[nH]2)[C@H]1c1ccc(F)cc1)c1cc(C(F)(F)F)cc(C(F)(F)F)c1. The van der Waals surface area contributed by atoms with Crippen molar-refractivity contribution < 1.29 is 83.1 Å². The van der Waals surface area contributed by atoms with Crippen LogP contribution in [0.4, 0.5) is 30.7 Å². The van der Waals surface area contributed by atoms with Gasteiger partial charge in [-0.25, -0.2) is 19.1 Å². The molecule has 2 fully saturated rings. The van der Waals surface area contributed by atoms with E-state index in [1.54, 1.807) is 4.90 Å². The van der Waals surface area contributed by atoms with Crippen molar-refractivity contribution in [2.75, 3.05) is 20.3 Å². The highest BCUT2D eigenvalue weighted by molar-refractivity contribution is 5.77. The summed E-state index contributed by atoms with van der Waals surface area (Å²) < 4.78 is 131. The van der Waals surface area contributed by atoms with Gasteiger partial charge in [-0.2, -0.15) is 31.4 Å². The second-order valence-electron chi connectivity index (χ2n) is 13.5. The lowest BCUT2D eigenvalue weighted by molar-refractivity contribution is -0.245. The van der Waals surface area contributed by atoms with Crippen molar-refractivity contribution in [2.24, 2.45) is 0 Å². The molecule has 2 aromatic carbocycles. The van der Waals surface area contributed by atoms with Gasteiger partial charge in [-0.1, -0.05) is 12.1 Å². The van der Waals surface area contributed by atoms with E-state index in [-0.39, 0.29) is 30.6 Å². The first-order chi connectivity index (χ1) is 28.0. The number of ether oxygens (including phenoxy) is 7. The van der Waals surface area contributed by atoms with Crippen molar-refractivity contribution in [3.05, 3.63) is 86.8 Å². The topological polar surface area (TPSA) is 198 Å². The van der Waals surface area contributed by atoms with Gasteiger partial charge in [0, 0.05) is 27.3 Å². The average Bonchev–Trinajstić information content (AvgIpc) is 3.57. The van der Waals surface area contributed by atoms with E-state index in [9.17, 15) is 54.7 Å². The van der Waals surface area contributed by atoms with Crippen molar-refractivity contribution in [1.82, 2.24) is 20.1 Å². The number of alkyl halides is 6. The maximum Gasteiger partial charge on any atom is 0.416 e. The molecule has 2 saturated heterocycles. The monoisotopic (exact) mass is 866 g/mol. The predicted octanol–water partition coefficient (Wildman–Crippen LogP) is 4.69. The highest BCUT2D eigenvalue weighted by atomic mass is 19.4. The fraction of sp³-hybridized carbons (Fsp3) is 0.514. The first-order valence-electron chi connectivity index (χ1n) is 17.9. The highest BCUT2D eigenvalue weighted by Crippen LogP contribution is 2.40. The summed E-state index contributed by atoms with van der Waals surface area (Å²) in [5, 5.41) is 6.10. The van der Waals surface area contributed by atoms with E-state index in [4.69, 9.17) is 28.4 Å². The third-order valence-corrected chi connectivity index (χ3v) is 8.95. The normalized spacial score (nSPS) is 24.0. The first-order valence-corrected chi connectivity index (χ1v) is 17.9. The second kappa shape index (κ2) is 19.8. The molecule has 16 nitrogen and oxygen atoms in total. The van der Waals surface area contributed by atoms with Crippen LogP contribution in [0.5, 0.6) is 0 Å². The minimum Gasteiger partial charge on any atom is -0.467 e. The summed E-state index contributed by atoms with van der Waals surface area (Å²) in [6, 6.07) is 5.79. The zero-order valence-corrected chi connectivity index (χ0v) is 32.7. The maximum atomic E-state index is 13.6. The number of nitrogens with zero attached hydrogens (tertiary/aromatic N) is 2. The summed E-state index contributed by atoms with van der Waals surface area (Å²) in [5.41, 5.74) is -3.30. The van der Waals surface area contributed by atoms with E-state index in [1.807, 2.05) is 0 Å². The van der Waals surface area contributed by atoms with Crippen LogP contribution in [0.1, 0.15) is 74.8 Å². The van der Waals surface area contributed by atoms with Crippen LogP contribution in [-0.2, 0) is 71.2 Å². The van der Waals surface area contributed by atoms with Gasteiger partial charge in [0.1, 0.15) is 11.6 Å². The molecule has 0 spiro atoms. The summed E-state index contributed by atoms with van der Waals surface area (Å²) in [5.74, 6) is -3.10. The average molecular weight is 867 g/mol. The predicted molar refractivity (Wildman–Crippen MR) is 187 cm³/mol. The minimum atomic E-state index is -5.01. The number of benzene rings is 2. The molecule has 23 heteroatoms.